The fraction of sp³-hybridized carbons (Fsp3) is 0.500. The van der Waals surface area contributed by atoms with Crippen LogP contribution in [-0.4, -0.2) is 18.0 Å². The van der Waals surface area contributed by atoms with Gasteiger partial charge in [0, 0.05) is 11.6 Å². The van der Waals surface area contributed by atoms with Crippen LogP contribution in [-0.2, 0) is 4.79 Å². The van der Waals surface area contributed by atoms with Crippen LogP contribution in [0.4, 0.5) is 11.4 Å². The van der Waals surface area contributed by atoms with Crippen molar-refractivity contribution in [1.82, 2.24) is 0 Å². The highest BCUT2D eigenvalue weighted by atomic mass is 35.5. The molecule has 1 N–H and O–H groups in total. The number of rotatable bonds is 1. The van der Waals surface area contributed by atoms with E-state index in [-0.39, 0.29) is 11.4 Å². The van der Waals surface area contributed by atoms with Crippen LogP contribution in [0.15, 0.2) is 18.2 Å². The van der Waals surface area contributed by atoms with Crippen LogP contribution in [0.3, 0.4) is 0 Å². The Hall–Kier alpha value is -1.22. The molecule has 3 nitrogen and oxygen atoms in total. The highest BCUT2D eigenvalue weighted by Crippen LogP contribution is 2.45. The first kappa shape index (κ1) is 11.8. The van der Waals surface area contributed by atoms with Crippen molar-refractivity contribution in [2.45, 2.75) is 38.1 Å². The van der Waals surface area contributed by atoms with Gasteiger partial charge >= 0.3 is 0 Å². The van der Waals surface area contributed by atoms with Crippen LogP contribution in [0.25, 0.3) is 0 Å². The summed E-state index contributed by atoms with van der Waals surface area (Å²) >= 11 is 6.00. The number of carbonyl (C=O) groups excluding carboxylic acids is 1. The zero-order chi connectivity index (χ0) is 12.8. The molecule has 0 saturated heterocycles. The Balaban J connectivity index is 2.12. The van der Waals surface area contributed by atoms with Crippen molar-refractivity contribution in [3.8, 4) is 0 Å². The molecule has 1 aliphatic heterocycles. The third-order valence-electron chi connectivity index (χ3n) is 4.18. The van der Waals surface area contributed by atoms with E-state index in [1.807, 2.05) is 18.2 Å². The first-order valence-corrected chi connectivity index (χ1v) is 6.94. The largest absolute Gasteiger partial charge is 0.356 e. The molecule has 96 valence electrons. The van der Waals surface area contributed by atoms with Crippen molar-refractivity contribution in [3.05, 3.63) is 23.2 Å². The number of fused-ring (bicyclic) bond motifs is 1. The number of carbonyl (C=O) groups is 1. The molecule has 1 amide bonds. The summed E-state index contributed by atoms with van der Waals surface area (Å²) < 4.78 is 0. The first-order valence-electron chi connectivity index (χ1n) is 6.56. The summed E-state index contributed by atoms with van der Waals surface area (Å²) in [5.41, 5.74) is 1.62. The maximum Gasteiger partial charge on any atom is 0.250 e. The van der Waals surface area contributed by atoms with Crippen LogP contribution in [0.1, 0.15) is 32.6 Å². The summed E-state index contributed by atoms with van der Waals surface area (Å²) in [5, 5.41) is 3.69. The third kappa shape index (κ3) is 1.53. The van der Waals surface area contributed by atoms with Gasteiger partial charge in [0.05, 0.1) is 11.4 Å². The number of hydrogen-bond donors (Lipinski definition) is 1. The Labute approximate surface area is 112 Å². The van der Waals surface area contributed by atoms with Gasteiger partial charge in [0.25, 0.3) is 0 Å². The Morgan fingerprint density at radius 3 is 2.78 bits per heavy atom. The summed E-state index contributed by atoms with van der Waals surface area (Å²) in [6, 6.07) is 5.74. The highest BCUT2D eigenvalue weighted by Gasteiger charge is 2.48. The summed E-state index contributed by atoms with van der Waals surface area (Å²) in [4.78, 5) is 14.7. The molecule has 0 unspecified atom stereocenters. The van der Waals surface area contributed by atoms with E-state index in [9.17, 15) is 4.79 Å². The second-order valence-electron chi connectivity index (χ2n) is 5.10. The molecule has 2 aliphatic rings. The van der Waals surface area contributed by atoms with Gasteiger partial charge in [-0.2, -0.15) is 0 Å². The lowest BCUT2D eigenvalue weighted by Gasteiger charge is -2.45. The highest BCUT2D eigenvalue weighted by molar-refractivity contribution is 6.31. The standard InChI is InChI=1S/C14H17ClN2O/c1-2-17-12-6-5-10(15)9-11(12)16-13(18)14(17)7-3-4-8-14/h5-6,9H,2-4,7-8H2,1H3,(H,16,18). The zero-order valence-electron chi connectivity index (χ0n) is 10.5. The molecule has 1 saturated carbocycles. The van der Waals surface area contributed by atoms with E-state index in [1.54, 1.807) is 0 Å². The van der Waals surface area contributed by atoms with Crippen LogP contribution in [0.5, 0.6) is 0 Å². The molecule has 3 rings (SSSR count). The van der Waals surface area contributed by atoms with Crippen molar-refractivity contribution in [2.75, 3.05) is 16.8 Å². The minimum absolute atomic E-state index is 0.136. The van der Waals surface area contributed by atoms with Crippen LogP contribution < -0.4 is 10.2 Å². The van der Waals surface area contributed by atoms with Gasteiger partial charge in [-0.1, -0.05) is 24.4 Å². The van der Waals surface area contributed by atoms with Gasteiger partial charge in [0.1, 0.15) is 5.54 Å². The summed E-state index contributed by atoms with van der Waals surface area (Å²) in [5.74, 6) is 0.136. The van der Waals surface area contributed by atoms with Crippen molar-refractivity contribution in [3.63, 3.8) is 0 Å². The molecule has 0 aromatic heterocycles. The molecule has 1 aromatic carbocycles. The van der Waals surface area contributed by atoms with Gasteiger partial charge in [-0.15, -0.1) is 0 Å². The van der Waals surface area contributed by atoms with Gasteiger partial charge in [-0.3, -0.25) is 4.79 Å². The molecule has 1 fully saturated rings. The monoisotopic (exact) mass is 264 g/mol. The molecule has 0 radical (unpaired) electrons. The van der Waals surface area contributed by atoms with Gasteiger partial charge < -0.3 is 10.2 Å². The number of halogens is 1. The number of amides is 1. The molecule has 1 heterocycles. The fourth-order valence-corrected chi connectivity index (χ4v) is 3.54. The maximum absolute atomic E-state index is 12.5. The van der Waals surface area contributed by atoms with Crippen molar-refractivity contribution >= 4 is 28.9 Å². The van der Waals surface area contributed by atoms with Gasteiger partial charge in [0.2, 0.25) is 5.91 Å². The van der Waals surface area contributed by atoms with E-state index in [2.05, 4.69) is 17.1 Å². The topological polar surface area (TPSA) is 32.3 Å². The molecule has 1 aromatic rings. The average molecular weight is 265 g/mol. The Bertz CT molecular complexity index is 495. The number of nitrogens with zero attached hydrogens (tertiary/aromatic N) is 1. The van der Waals surface area contributed by atoms with Crippen LogP contribution in [0, 0.1) is 0 Å². The Kier molecular flexibility index (Phi) is 2.74. The van der Waals surface area contributed by atoms with Crippen molar-refractivity contribution < 1.29 is 4.79 Å². The van der Waals surface area contributed by atoms with Gasteiger partial charge in [-0.05, 0) is 38.0 Å². The molecule has 4 heteroatoms. The van der Waals surface area contributed by atoms with Crippen molar-refractivity contribution in [2.24, 2.45) is 0 Å². The minimum Gasteiger partial charge on any atom is -0.356 e. The number of anilines is 2. The molecule has 1 aliphatic carbocycles. The van der Waals surface area contributed by atoms with Crippen LogP contribution in [0.2, 0.25) is 5.02 Å². The number of hydrogen-bond acceptors (Lipinski definition) is 2. The average Bonchev–Trinajstić information content (AvgIpc) is 2.82. The predicted molar refractivity (Wildman–Crippen MR) is 74.3 cm³/mol. The van der Waals surface area contributed by atoms with E-state index in [1.165, 1.54) is 0 Å². The lowest BCUT2D eigenvalue weighted by atomic mass is 9.90. The molecule has 0 bridgehead atoms. The number of likely N-dealkylation sites (N-methyl/N-ethyl adjacent to an activating group) is 1. The van der Waals surface area contributed by atoms with E-state index >= 15 is 0 Å². The lowest BCUT2D eigenvalue weighted by Crippen LogP contribution is -2.58. The van der Waals surface area contributed by atoms with E-state index in [4.69, 9.17) is 11.6 Å². The lowest BCUT2D eigenvalue weighted by molar-refractivity contribution is -0.121. The molecular weight excluding hydrogens is 248 g/mol. The summed E-state index contributed by atoms with van der Waals surface area (Å²) in [6.45, 7) is 2.96. The normalized spacial score (nSPS) is 21.0. The summed E-state index contributed by atoms with van der Waals surface area (Å²) in [6.07, 6.45) is 4.17. The quantitative estimate of drug-likeness (QED) is 0.843. The smallest absolute Gasteiger partial charge is 0.250 e. The molecule has 1 spiro atoms. The zero-order valence-corrected chi connectivity index (χ0v) is 11.3. The summed E-state index contributed by atoms with van der Waals surface area (Å²) in [7, 11) is 0. The maximum atomic E-state index is 12.5. The van der Waals surface area contributed by atoms with Crippen LogP contribution >= 0.6 is 11.6 Å². The van der Waals surface area contributed by atoms with E-state index in [0.29, 0.717) is 5.02 Å². The Morgan fingerprint density at radius 2 is 2.11 bits per heavy atom. The fourth-order valence-electron chi connectivity index (χ4n) is 3.37. The van der Waals surface area contributed by atoms with Gasteiger partial charge in [0.15, 0.2) is 0 Å². The van der Waals surface area contributed by atoms with Crippen molar-refractivity contribution in [1.29, 1.82) is 0 Å². The molecule has 18 heavy (non-hydrogen) atoms. The predicted octanol–water partition coefficient (Wildman–Crippen LogP) is 3.43. The SMILES string of the molecule is CCN1c2ccc(Cl)cc2NC(=O)C12CCCC2. The first-order chi connectivity index (χ1) is 8.67. The van der Waals surface area contributed by atoms with Gasteiger partial charge in [-0.25, -0.2) is 0 Å². The Morgan fingerprint density at radius 1 is 1.39 bits per heavy atom. The van der Waals surface area contributed by atoms with E-state index in [0.717, 1.165) is 43.6 Å². The third-order valence-corrected chi connectivity index (χ3v) is 4.42. The second-order valence-corrected chi connectivity index (χ2v) is 5.53. The number of benzene rings is 1. The molecular formula is C14H17ClN2O. The van der Waals surface area contributed by atoms with E-state index < -0.39 is 0 Å². The second kappa shape index (κ2) is 4.16. The minimum atomic E-state index is -0.324. The molecule has 0 atom stereocenters. The number of nitrogens with one attached hydrogen (secondary N) is 1.